The standard InChI is InChI=1S/C21H17F3N6/c1-12-10-13(7-8-16(12)25)29-20(26)15-11-28-30(19(15)21(22,23)24)18-6-2-5-17-14(18)4-3-9-27-17/h2-11H,25H2,1H3,(H2,26,29). The smallest absolute Gasteiger partial charge is 0.399 e. The molecule has 0 aliphatic heterocycles. The number of nitrogen functional groups attached to an aromatic ring is 1. The SMILES string of the molecule is Cc1cc(N=C(N)c2cnn(-c3cccc4ncccc34)c2C(F)(F)F)ccc1N. The van der Waals surface area contributed by atoms with Crippen molar-refractivity contribution in [1.29, 1.82) is 0 Å². The van der Waals surface area contributed by atoms with E-state index in [1.54, 1.807) is 61.7 Å². The number of hydrogen-bond acceptors (Lipinski definition) is 4. The van der Waals surface area contributed by atoms with E-state index in [4.69, 9.17) is 11.5 Å². The van der Waals surface area contributed by atoms with E-state index in [9.17, 15) is 13.2 Å². The second kappa shape index (κ2) is 7.18. The largest absolute Gasteiger partial charge is 0.434 e. The number of hydrogen-bond donors (Lipinski definition) is 2. The molecule has 0 aliphatic carbocycles. The van der Waals surface area contributed by atoms with Crippen LogP contribution in [-0.2, 0) is 6.18 Å². The molecule has 2 aromatic carbocycles. The summed E-state index contributed by atoms with van der Waals surface area (Å²) in [7, 11) is 0. The summed E-state index contributed by atoms with van der Waals surface area (Å²) in [5.41, 5.74) is 12.9. The molecule has 0 unspecified atom stereocenters. The monoisotopic (exact) mass is 410 g/mol. The van der Waals surface area contributed by atoms with Crippen LogP contribution in [0.15, 0.2) is 65.9 Å². The van der Waals surface area contributed by atoms with Crippen LogP contribution in [0.3, 0.4) is 0 Å². The van der Waals surface area contributed by atoms with Crippen LogP contribution in [0.2, 0.25) is 0 Å². The Kier molecular flexibility index (Phi) is 4.65. The van der Waals surface area contributed by atoms with Crippen molar-refractivity contribution in [2.75, 3.05) is 5.73 Å². The highest BCUT2D eigenvalue weighted by atomic mass is 19.4. The minimum Gasteiger partial charge on any atom is -0.399 e. The maximum absolute atomic E-state index is 14.0. The fourth-order valence-corrected chi connectivity index (χ4v) is 3.19. The van der Waals surface area contributed by atoms with Gasteiger partial charge in [0.15, 0.2) is 5.69 Å². The Hall–Kier alpha value is -3.88. The summed E-state index contributed by atoms with van der Waals surface area (Å²) in [6, 6.07) is 13.1. The second-order valence-corrected chi connectivity index (χ2v) is 6.70. The zero-order valence-electron chi connectivity index (χ0n) is 15.9. The van der Waals surface area contributed by atoms with Gasteiger partial charge in [0.05, 0.1) is 28.7 Å². The van der Waals surface area contributed by atoms with Crippen LogP contribution in [0, 0.1) is 6.92 Å². The van der Waals surface area contributed by atoms with E-state index in [0.29, 0.717) is 22.3 Å². The molecule has 0 saturated carbocycles. The average Bonchev–Trinajstić information content (AvgIpc) is 3.16. The van der Waals surface area contributed by atoms with E-state index in [1.165, 1.54) is 0 Å². The van der Waals surface area contributed by atoms with Gasteiger partial charge < -0.3 is 11.5 Å². The van der Waals surface area contributed by atoms with Gasteiger partial charge in [0, 0.05) is 17.3 Å². The summed E-state index contributed by atoms with van der Waals surface area (Å²) in [5.74, 6) is -0.295. The first kappa shape index (κ1) is 19.4. The Labute approximate surface area is 169 Å². The molecule has 0 bridgehead atoms. The van der Waals surface area contributed by atoms with Crippen LogP contribution in [-0.4, -0.2) is 20.6 Å². The molecule has 0 radical (unpaired) electrons. The first-order valence-electron chi connectivity index (χ1n) is 8.95. The third-order valence-corrected chi connectivity index (χ3v) is 4.67. The number of nitrogens with two attached hydrogens (primary N) is 2. The van der Waals surface area contributed by atoms with E-state index in [-0.39, 0.29) is 17.1 Å². The lowest BCUT2D eigenvalue weighted by Gasteiger charge is -2.14. The number of amidine groups is 1. The molecule has 2 heterocycles. The molecule has 30 heavy (non-hydrogen) atoms. The van der Waals surface area contributed by atoms with E-state index in [1.807, 2.05) is 0 Å². The molecule has 0 spiro atoms. The number of pyridine rings is 1. The molecule has 0 amide bonds. The van der Waals surface area contributed by atoms with Crippen molar-refractivity contribution < 1.29 is 13.2 Å². The number of aryl methyl sites for hydroxylation is 1. The van der Waals surface area contributed by atoms with E-state index in [0.717, 1.165) is 16.4 Å². The highest BCUT2D eigenvalue weighted by molar-refractivity contribution is 6.00. The summed E-state index contributed by atoms with van der Waals surface area (Å²) < 4.78 is 43.0. The highest BCUT2D eigenvalue weighted by Gasteiger charge is 2.40. The third-order valence-electron chi connectivity index (χ3n) is 4.67. The molecular weight excluding hydrogens is 393 g/mol. The van der Waals surface area contributed by atoms with Crippen molar-refractivity contribution in [3.63, 3.8) is 0 Å². The molecule has 4 N–H and O–H groups in total. The van der Waals surface area contributed by atoms with Gasteiger partial charge in [-0.25, -0.2) is 9.67 Å². The molecule has 0 saturated heterocycles. The molecule has 0 aliphatic rings. The number of halogens is 3. The lowest BCUT2D eigenvalue weighted by atomic mass is 10.1. The summed E-state index contributed by atoms with van der Waals surface area (Å²) in [6.07, 6.45) is -2.07. The van der Waals surface area contributed by atoms with Gasteiger partial charge in [0.1, 0.15) is 5.84 Å². The van der Waals surface area contributed by atoms with Crippen molar-refractivity contribution in [1.82, 2.24) is 14.8 Å². The number of aromatic nitrogens is 3. The Morgan fingerprint density at radius 3 is 2.63 bits per heavy atom. The quantitative estimate of drug-likeness (QED) is 0.298. The van der Waals surface area contributed by atoms with Crippen molar-refractivity contribution in [3.05, 3.63) is 77.7 Å². The van der Waals surface area contributed by atoms with Gasteiger partial charge >= 0.3 is 6.18 Å². The van der Waals surface area contributed by atoms with Gasteiger partial charge in [0.2, 0.25) is 0 Å². The van der Waals surface area contributed by atoms with E-state index in [2.05, 4.69) is 15.1 Å². The molecule has 4 aromatic rings. The van der Waals surface area contributed by atoms with Crippen LogP contribution >= 0.6 is 0 Å². The Balaban J connectivity index is 1.89. The van der Waals surface area contributed by atoms with Gasteiger partial charge in [-0.2, -0.15) is 18.3 Å². The predicted octanol–water partition coefficient (Wildman–Crippen LogP) is 4.37. The first-order valence-corrected chi connectivity index (χ1v) is 8.95. The van der Waals surface area contributed by atoms with Gasteiger partial charge in [-0.1, -0.05) is 6.07 Å². The third kappa shape index (κ3) is 3.45. The molecule has 9 heteroatoms. The van der Waals surface area contributed by atoms with Gasteiger partial charge in [0.25, 0.3) is 0 Å². The average molecular weight is 410 g/mol. The van der Waals surface area contributed by atoms with Gasteiger partial charge in [-0.15, -0.1) is 0 Å². The van der Waals surface area contributed by atoms with Crippen LogP contribution in [0.1, 0.15) is 16.8 Å². The van der Waals surface area contributed by atoms with Gasteiger partial charge in [-0.3, -0.25) is 4.98 Å². The van der Waals surface area contributed by atoms with Crippen molar-refractivity contribution in [3.8, 4) is 5.69 Å². The first-order chi connectivity index (χ1) is 14.3. The molecule has 0 fully saturated rings. The number of fused-ring (bicyclic) bond motifs is 1. The van der Waals surface area contributed by atoms with Crippen LogP contribution < -0.4 is 11.5 Å². The zero-order valence-corrected chi connectivity index (χ0v) is 15.9. The lowest BCUT2D eigenvalue weighted by molar-refractivity contribution is -0.142. The maximum atomic E-state index is 14.0. The zero-order chi connectivity index (χ0) is 21.5. The maximum Gasteiger partial charge on any atom is 0.434 e. The Bertz CT molecular complexity index is 1270. The fourth-order valence-electron chi connectivity index (χ4n) is 3.19. The number of alkyl halides is 3. The van der Waals surface area contributed by atoms with Gasteiger partial charge in [-0.05, 0) is 55.0 Å². The van der Waals surface area contributed by atoms with E-state index < -0.39 is 11.9 Å². The highest BCUT2D eigenvalue weighted by Crippen LogP contribution is 2.35. The van der Waals surface area contributed by atoms with Crippen LogP contribution in [0.4, 0.5) is 24.5 Å². The Morgan fingerprint density at radius 1 is 1.10 bits per heavy atom. The molecule has 6 nitrogen and oxygen atoms in total. The number of nitrogens with zero attached hydrogens (tertiary/aromatic N) is 4. The minimum absolute atomic E-state index is 0.246. The molecule has 152 valence electrons. The lowest BCUT2D eigenvalue weighted by Crippen LogP contribution is -2.21. The summed E-state index contributed by atoms with van der Waals surface area (Å²) in [5, 5.41) is 4.52. The minimum atomic E-state index is -4.71. The summed E-state index contributed by atoms with van der Waals surface area (Å²) >= 11 is 0. The topological polar surface area (TPSA) is 95.1 Å². The predicted molar refractivity (Wildman–Crippen MR) is 110 cm³/mol. The van der Waals surface area contributed by atoms with Crippen LogP contribution in [0.5, 0.6) is 0 Å². The fraction of sp³-hybridized carbons (Fsp3) is 0.0952. The van der Waals surface area contributed by atoms with Crippen molar-refractivity contribution >= 4 is 28.1 Å². The number of rotatable bonds is 3. The number of aliphatic imine (C=N–C) groups is 1. The molecular formula is C21H17F3N6. The number of anilines is 1. The second-order valence-electron chi connectivity index (χ2n) is 6.70. The summed E-state index contributed by atoms with van der Waals surface area (Å²) in [4.78, 5) is 8.34. The van der Waals surface area contributed by atoms with Crippen LogP contribution in [0.25, 0.3) is 16.6 Å². The van der Waals surface area contributed by atoms with Crippen molar-refractivity contribution in [2.45, 2.75) is 13.1 Å². The van der Waals surface area contributed by atoms with E-state index >= 15 is 0 Å². The normalized spacial score (nSPS) is 12.5. The Morgan fingerprint density at radius 2 is 1.90 bits per heavy atom. The number of benzene rings is 2. The molecule has 4 rings (SSSR count). The van der Waals surface area contributed by atoms with Crippen molar-refractivity contribution in [2.24, 2.45) is 10.7 Å². The molecule has 0 atom stereocenters. The molecule has 2 aromatic heterocycles. The summed E-state index contributed by atoms with van der Waals surface area (Å²) in [6.45, 7) is 1.78.